The minimum Gasteiger partial charge on any atom is -0.397 e. The van der Waals surface area contributed by atoms with E-state index in [-0.39, 0.29) is 0 Å². The van der Waals surface area contributed by atoms with E-state index in [2.05, 4.69) is 20.5 Å². The molecule has 0 aliphatic heterocycles. The van der Waals surface area contributed by atoms with Gasteiger partial charge in [0.25, 0.3) is 0 Å². The normalized spacial score (nSPS) is 10.5. The number of fused-ring (bicyclic) bond motifs is 1. The molecule has 2 heterocycles. The first-order valence-corrected chi connectivity index (χ1v) is 5.97. The summed E-state index contributed by atoms with van der Waals surface area (Å²) in [5, 5.41) is 13.2. The van der Waals surface area contributed by atoms with Gasteiger partial charge in [0.2, 0.25) is 0 Å². The number of nitrogens with zero attached hydrogens (tertiary/aromatic N) is 3. The highest BCUT2D eigenvalue weighted by molar-refractivity contribution is 5.98. The van der Waals surface area contributed by atoms with E-state index in [9.17, 15) is 0 Å². The molecular formula is C14H13N5. The summed E-state index contributed by atoms with van der Waals surface area (Å²) < 4.78 is 0. The van der Waals surface area contributed by atoms with Crippen molar-refractivity contribution in [2.24, 2.45) is 0 Å². The molecule has 3 rings (SSSR count). The molecule has 19 heavy (non-hydrogen) atoms. The fraction of sp³-hybridized carbons (Fsp3) is 0.0714. The van der Waals surface area contributed by atoms with Crippen molar-refractivity contribution in [1.29, 1.82) is 0 Å². The van der Waals surface area contributed by atoms with Gasteiger partial charge in [-0.25, -0.2) is 0 Å². The molecule has 5 nitrogen and oxygen atoms in total. The summed E-state index contributed by atoms with van der Waals surface area (Å²) in [4.78, 5) is 4.08. The molecule has 0 saturated carbocycles. The molecular weight excluding hydrogens is 238 g/mol. The molecule has 0 fully saturated rings. The van der Waals surface area contributed by atoms with Gasteiger partial charge in [0.05, 0.1) is 23.6 Å². The van der Waals surface area contributed by atoms with Gasteiger partial charge in [0.15, 0.2) is 0 Å². The van der Waals surface area contributed by atoms with Gasteiger partial charge < -0.3 is 11.1 Å². The Morgan fingerprint density at radius 2 is 2.05 bits per heavy atom. The van der Waals surface area contributed by atoms with Crippen LogP contribution in [0.5, 0.6) is 0 Å². The van der Waals surface area contributed by atoms with Crippen LogP contribution in [-0.2, 0) is 6.54 Å². The van der Waals surface area contributed by atoms with E-state index in [0.29, 0.717) is 6.54 Å². The van der Waals surface area contributed by atoms with Crippen molar-refractivity contribution in [3.05, 3.63) is 54.6 Å². The van der Waals surface area contributed by atoms with Crippen molar-refractivity contribution in [3.8, 4) is 0 Å². The summed E-state index contributed by atoms with van der Waals surface area (Å²) in [6, 6.07) is 9.65. The lowest BCUT2D eigenvalue weighted by Gasteiger charge is -2.10. The number of anilines is 2. The number of pyridine rings is 1. The predicted octanol–water partition coefficient (Wildman–Crippen LogP) is 2.22. The lowest BCUT2D eigenvalue weighted by molar-refractivity contribution is 0.925. The first-order valence-electron chi connectivity index (χ1n) is 5.97. The van der Waals surface area contributed by atoms with Gasteiger partial charge in [-0.3, -0.25) is 4.98 Å². The quantitative estimate of drug-likeness (QED) is 0.698. The number of aromatic nitrogens is 3. The molecule has 3 N–H and O–H groups in total. The van der Waals surface area contributed by atoms with Crippen LogP contribution in [0.15, 0.2) is 48.9 Å². The van der Waals surface area contributed by atoms with Crippen molar-refractivity contribution in [3.63, 3.8) is 0 Å². The van der Waals surface area contributed by atoms with Crippen LogP contribution in [0.25, 0.3) is 10.8 Å². The number of hydrogen-bond donors (Lipinski definition) is 2. The van der Waals surface area contributed by atoms with Crippen molar-refractivity contribution in [1.82, 2.24) is 15.2 Å². The van der Waals surface area contributed by atoms with Gasteiger partial charge in [-0.1, -0.05) is 6.07 Å². The number of nitrogens with one attached hydrogen (secondary N) is 1. The SMILES string of the molecule is Nc1c(NCc2cccnn2)ccc2cnccc12. The van der Waals surface area contributed by atoms with Crippen LogP contribution in [0.2, 0.25) is 0 Å². The summed E-state index contributed by atoms with van der Waals surface area (Å²) >= 11 is 0. The molecule has 3 aromatic rings. The Hall–Kier alpha value is -2.69. The average molecular weight is 251 g/mol. The zero-order valence-corrected chi connectivity index (χ0v) is 10.2. The van der Waals surface area contributed by atoms with Crippen LogP contribution in [0.3, 0.4) is 0 Å². The second kappa shape index (κ2) is 4.89. The van der Waals surface area contributed by atoms with E-state index in [0.717, 1.165) is 27.8 Å². The van der Waals surface area contributed by atoms with Crippen molar-refractivity contribution in [2.45, 2.75) is 6.54 Å². The third kappa shape index (κ3) is 2.30. The molecule has 1 aromatic carbocycles. The number of rotatable bonds is 3. The molecule has 0 saturated heterocycles. The highest BCUT2D eigenvalue weighted by Crippen LogP contribution is 2.28. The van der Waals surface area contributed by atoms with Gasteiger partial charge in [-0.15, -0.1) is 0 Å². The first-order chi connectivity index (χ1) is 9.34. The molecule has 2 aromatic heterocycles. The van der Waals surface area contributed by atoms with Crippen LogP contribution in [0, 0.1) is 0 Å². The molecule has 0 unspecified atom stereocenters. The second-order valence-corrected chi connectivity index (χ2v) is 4.19. The van der Waals surface area contributed by atoms with Gasteiger partial charge >= 0.3 is 0 Å². The Labute approximate surface area is 110 Å². The molecule has 0 radical (unpaired) electrons. The van der Waals surface area contributed by atoms with Crippen molar-refractivity contribution in [2.75, 3.05) is 11.1 Å². The van der Waals surface area contributed by atoms with E-state index < -0.39 is 0 Å². The first kappa shape index (κ1) is 11.4. The maximum atomic E-state index is 6.16. The summed E-state index contributed by atoms with van der Waals surface area (Å²) in [5.41, 5.74) is 8.65. The van der Waals surface area contributed by atoms with Crippen LogP contribution >= 0.6 is 0 Å². The van der Waals surface area contributed by atoms with Gasteiger partial charge in [0, 0.05) is 29.4 Å². The zero-order valence-electron chi connectivity index (χ0n) is 10.2. The fourth-order valence-corrected chi connectivity index (χ4v) is 1.96. The lowest BCUT2D eigenvalue weighted by Crippen LogP contribution is -2.04. The minimum atomic E-state index is 0.592. The number of nitrogen functional groups attached to an aromatic ring is 1. The van der Waals surface area contributed by atoms with Crippen molar-refractivity contribution >= 4 is 22.1 Å². The largest absolute Gasteiger partial charge is 0.397 e. The Bertz CT molecular complexity index is 697. The number of benzene rings is 1. The average Bonchev–Trinajstić information content (AvgIpc) is 2.48. The van der Waals surface area contributed by atoms with Gasteiger partial charge in [-0.2, -0.15) is 10.2 Å². The lowest BCUT2D eigenvalue weighted by atomic mass is 10.1. The van der Waals surface area contributed by atoms with Crippen LogP contribution < -0.4 is 11.1 Å². The molecule has 0 bridgehead atoms. The summed E-state index contributed by atoms with van der Waals surface area (Å²) in [7, 11) is 0. The maximum absolute atomic E-state index is 6.16. The van der Waals surface area contributed by atoms with E-state index in [1.54, 1.807) is 18.6 Å². The molecule has 94 valence electrons. The third-order valence-corrected chi connectivity index (χ3v) is 2.95. The second-order valence-electron chi connectivity index (χ2n) is 4.19. The fourth-order valence-electron chi connectivity index (χ4n) is 1.96. The molecule has 0 aliphatic rings. The summed E-state index contributed by atoms with van der Waals surface area (Å²) in [6.45, 7) is 0.592. The summed E-state index contributed by atoms with van der Waals surface area (Å²) in [6.07, 6.45) is 5.20. The van der Waals surface area contributed by atoms with E-state index >= 15 is 0 Å². The standard InChI is InChI=1S/C14H13N5/c15-14-12-5-7-16-8-10(12)3-4-13(14)17-9-11-2-1-6-18-19-11/h1-8,17H,9,15H2. The van der Waals surface area contributed by atoms with Crippen molar-refractivity contribution < 1.29 is 0 Å². The monoisotopic (exact) mass is 251 g/mol. The smallest absolute Gasteiger partial charge is 0.0821 e. The van der Waals surface area contributed by atoms with E-state index in [4.69, 9.17) is 5.73 Å². The number of hydrogen-bond acceptors (Lipinski definition) is 5. The minimum absolute atomic E-state index is 0.592. The van der Waals surface area contributed by atoms with Crippen LogP contribution in [0.1, 0.15) is 5.69 Å². The van der Waals surface area contributed by atoms with Crippen LogP contribution in [0.4, 0.5) is 11.4 Å². The third-order valence-electron chi connectivity index (χ3n) is 2.95. The predicted molar refractivity (Wildman–Crippen MR) is 75.5 cm³/mol. The Morgan fingerprint density at radius 3 is 2.89 bits per heavy atom. The molecule has 5 heteroatoms. The van der Waals surface area contributed by atoms with E-state index in [1.165, 1.54) is 0 Å². The zero-order chi connectivity index (χ0) is 13.1. The van der Waals surface area contributed by atoms with Gasteiger partial charge in [-0.05, 0) is 24.3 Å². The molecule has 0 aliphatic carbocycles. The Balaban J connectivity index is 1.87. The van der Waals surface area contributed by atoms with E-state index in [1.807, 2.05) is 30.3 Å². The molecule has 0 amide bonds. The molecule has 0 spiro atoms. The molecule has 0 atom stereocenters. The topological polar surface area (TPSA) is 76.7 Å². The highest BCUT2D eigenvalue weighted by atomic mass is 15.1. The maximum Gasteiger partial charge on any atom is 0.0821 e. The Morgan fingerprint density at radius 1 is 1.11 bits per heavy atom. The highest BCUT2D eigenvalue weighted by Gasteiger charge is 2.04. The van der Waals surface area contributed by atoms with Crippen LogP contribution in [-0.4, -0.2) is 15.2 Å². The number of nitrogens with two attached hydrogens (primary N) is 1. The summed E-state index contributed by atoms with van der Waals surface area (Å²) in [5.74, 6) is 0. The Kier molecular flexibility index (Phi) is 2.94. The van der Waals surface area contributed by atoms with Gasteiger partial charge in [0.1, 0.15) is 0 Å².